The third-order valence-electron chi connectivity index (χ3n) is 4.36. The van der Waals surface area contributed by atoms with E-state index in [9.17, 15) is 0 Å². The van der Waals surface area contributed by atoms with Crippen LogP contribution in [-0.2, 0) is 0 Å². The van der Waals surface area contributed by atoms with Crippen LogP contribution in [0.1, 0.15) is 47.5 Å². The second-order valence-electron chi connectivity index (χ2n) is 6.76. The monoisotopic (exact) mass is 298 g/mol. The van der Waals surface area contributed by atoms with Gasteiger partial charge in [-0.2, -0.15) is 0 Å². The highest BCUT2D eigenvalue weighted by atomic mass is 16.2. The Balaban J connectivity index is 2.88. The van der Waals surface area contributed by atoms with Crippen LogP contribution in [0.3, 0.4) is 0 Å². The lowest BCUT2D eigenvalue weighted by molar-refractivity contribution is 0.342. The Morgan fingerprint density at radius 1 is 1.23 bits per heavy atom. The Morgan fingerprint density at radius 2 is 1.91 bits per heavy atom. The van der Waals surface area contributed by atoms with E-state index in [0.29, 0.717) is 0 Å². The third-order valence-corrected chi connectivity index (χ3v) is 4.36. The van der Waals surface area contributed by atoms with Gasteiger partial charge in [0.1, 0.15) is 0 Å². The van der Waals surface area contributed by atoms with Crippen molar-refractivity contribution in [1.29, 1.82) is 0 Å². The second-order valence-corrected chi connectivity index (χ2v) is 6.76. The molecular formula is C21H30O. The van der Waals surface area contributed by atoms with Crippen LogP contribution in [0.25, 0.3) is 0 Å². The number of hydrogen-bond donors (Lipinski definition) is 1. The molecule has 1 nitrogen and oxygen atoms in total. The maximum absolute atomic E-state index is 8.82. The highest BCUT2D eigenvalue weighted by molar-refractivity contribution is 5.45. The van der Waals surface area contributed by atoms with E-state index in [1.165, 1.54) is 22.3 Å². The van der Waals surface area contributed by atoms with Crippen LogP contribution < -0.4 is 0 Å². The number of rotatable bonds is 5. The summed E-state index contributed by atoms with van der Waals surface area (Å²) >= 11 is 0. The van der Waals surface area contributed by atoms with Gasteiger partial charge in [0.25, 0.3) is 0 Å². The van der Waals surface area contributed by atoms with Gasteiger partial charge in [-0.05, 0) is 50.2 Å². The molecule has 0 amide bonds. The van der Waals surface area contributed by atoms with Crippen LogP contribution in [0.2, 0.25) is 0 Å². The summed E-state index contributed by atoms with van der Waals surface area (Å²) in [7, 11) is 0. The molecule has 120 valence electrons. The maximum Gasteiger partial charge on any atom is 0.0617 e. The number of hydrogen-bond acceptors (Lipinski definition) is 1. The van der Waals surface area contributed by atoms with Gasteiger partial charge in [0, 0.05) is 0 Å². The van der Waals surface area contributed by atoms with E-state index < -0.39 is 0 Å². The van der Waals surface area contributed by atoms with E-state index in [4.69, 9.17) is 5.11 Å². The van der Waals surface area contributed by atoms with Gasteiger partial charge in [0.15, 0.2) is 0 Å². The first kappa shape index (κ1) is 18.4. The molecule has 0 aromatic rings. The minimum Gasteiger partial charge on any atom is -0.392 e. The molecule has 0 spiro atoms. The van der Waals surface area contributed by atoms with E-state index in [0.717, 1.165) is 18.4 Å². The summed E-state index contributed by atoms with van der Waals surface area (Å²) < 4.78 is 0. The topological polar surface area (TPSA) is 20.2 Å². The summed E-state index contributed by atoms with van der Waals surface area (Å²) in [5.41, 5.74) is 6.51. The highest BCUT2D eigenvalue weighted by Gasteiger charge is 2.28. The van der Waals surface area contributed by atoms with Crippen LogP contribution in [0.15, 0.2) is 70.9 Å². The van der Waals surface area contributed by atoms with Crippen LogP contribution >= 0.6 is 0 Å². The van der Waals surface area contributed by atoms with E-state index in [2.05, 4.69) is 52.5 Å². The fourth-order valence-corrected chi connectivity index (χ4v) is 2.67. The molecule has 0 saturated heterocycles. The van der Waals surface area contributed by atoms with Crippen molar-refractivity contribution in [3.8, 4) is 0 Å². The molecule has 1 aliphatic carbocycles. The van der Waals surface area contributed by atoms with Crippen molar-refractivity contribution in [2.75, 3.05) is 6.61 Å². The Bertz CT molecular complexity index is 563. The largest absolute Gasteiger partial charge is 0.392 e. The molecule has 0 aromatic heterocycles. The summed E-state index contributed by atoms with van der Waals surface area (Å²) in [6, 6.07) is 0. The molecular weight excluding hydrogens is 268 g/mol. The van der Waals surface area contributed by atoms with Crippen molar-refractivity contribution in [3.63, 3.8) is 0 Å². The smallest absolute Gasteiger partial charge is 0.0617 e. The van der Waals surface area contributed by atoms with E-state index >= 15 is 0 Å². The minimum absolute atomic E-state index is 0.0885. The molecule has 1 aliphatic rings. The van der Waals surface area contributed by atoms with Gasteiger partial charge in [0.2, 0.25) is 0 Å². The predicted molar refractivity (Wildman–Crippen MR) is 97.7 cm³/mol. The Hall–Kier alpha value is -1.60. The minimum atomic E-state index is 0.0885. The summed E-state index contributed by atoms with van der Waals surface area (Å²) in [5, 5.41) is 8.82. The molecule has 1 heteroatoms. The van der Waals surface area contributed by atoms with Gasteiger partial charge >= 0.3 is 0 Å². The van der Waals surface area contributed by atoms with Crippen LogP contribution in [0.4, 0.5) is 0 Å². The van der Waals surface area contributed by atoms with E-state index in [1.807, 2.05) is 19.1 Å². The molecule has 0 heterocycles. The molecule has 0 aliphatic heterocycles. The maximum atomic E-state index is 8.82. The molecule has 0 bridgehead atoms. The molecule has 0 fully saturated rings. The first-order valence-corrected chi connectivity index (χ1v) is 7.98. The molecule has 0 radical (unpaired) electrons. The summed E-state index contributed by atoms with van der Waals surface area (Å²) in [5.74, 6) is 0. The lowest BCUT2D eigenvalue weighted by atomic mass is 9.71. The second kappa shape index (κ2) is 8.14. The zero-order chi connectivity index (χ0) is 16.8. The molecule has 0 saturated carbocycles. The van der Waals surface area contributed by atoms with Crippen LogP contribution in [-0.4, -0.2) is 11.7 Å². The number of aliphatic hydroxyl groups is 1. The highest BCUT2D eigenvalue weighted by Crippen LogP contribution is 2.42. The predicted octanol–water partition coefficient (Wildman–Crippen LogP) is 5.68. The van der Waals surface area contributed by atoms with Crippen molar-refractivity contribution in [2.24, 2.45) is 5.41 Å². The number of allylic oxidation sites excluding steroid dienone is 10. The van der Waals surface area contributed by atoms with Gasteiger partial charge < -0.3 is 5.11 Å². The van der Waals surface area contributed by atoms with Gasteiger partial charge in [-0.3, -0.25) is 0 Å². The molecule has 22 heavy (non-hydrogen) atoms. The van der Waals surface area contributed by atoms with Crippen molar-refractivity contribution >= 4 is 0 Å². The van der Waals surface area contributed by atoms with E-state index in [1.54, 1.807) is 6.08 Å². The summed E-state index contributed by atoms with van der Waals surface area (Å²) in [6.07, 6.45) is 14.6. The SMILES string of the molecule is C=C1CCC(C)(C)C(/C=C/C(C)=C/C=C/C(C)=C/CO)=C1C. The third kappa shape index (κ3) is 5.31. The van der Waals surface area contributed by atoms with Crippen molar-refractivity contribution in [3.05, 3.63) is 70.9 Å². The van der Waals surface area contributed by atoms with Gasteiger partial charge in [-0.25, -0.2) is 0 Å². The first-order valence-electron chi connectivity index (χ1n) is 7.98. The van der Waals surface area contributed by atoms with Crippen LogP contribution in [0.5, 0.6) is 0 Å². The summed E-state index contributed by atoms with van der Waals surface area (Å²) in [4.78, 5) is 0. The Morgan fingerprint density at radius 3 is 2.55 bits per heavy atom. The zero-order valence-corrected chi connectivity index (χ0v) is 14.7. The van der Waals surface area contributed by atoms with Gasteiger partial charge in [-0.15, -0.1) is 0 Å². The van der Waals surface area contributed by atoms with Gasteiger partial charge in [-0.1, -0.05) is 73.6 Å². The normalized spacial score (nSPS) is 20.5. The van der Waals surface area contributed by atoms with Crippen molar-refractivity contribution < 1.29 is 5.11 Å². The first-order chi connectivity index (χ1) is 10.3. The lowest BCUT2D eigenvalue weighted by Gasteiger charge is -2.34. The van der Waals surface area contributed by atoms with Crippen molar-refractivity contribution in [1.82, 2.24) is 0 Å². The number of aliphatic hydroxyl groups excluding tert-OH is 1. The molecule has 0 atom stereocenters. The quantitative estimate of drug-likeness (QED) is 0.648. The van der Waals surface area contributed by atoms with Crippen LogP contribution in [0, 0.1) is 5.41 Å². The molecule has 1 N–H and O–H groups in total. The summed E-state index contributed by atoms with van der Waals surface area (Å²) in [6.45, 7) is 15.2. The molecule has 0 aromatic carbocycles. The average molecular weight is 298 g/mol. The molecule has 1 rings (SSSR count). The Kier molecular flexibility index (Phi) is 6.83. The van der Waals surface area contributed by atoms with Gasteiger partial charge in [0.05, 0.1) is 6.61 Å². The standard InChI is InChI=1S/C21H30O/c1-16(8-7-9-17(2)13-15-22)10-11-20-19(4)18(3)12-14-21(20,5)6/h7-11,13,22H,3,12,14-15H2,1-2,4-6H3/b9-7+,11-10+,16-8+,17-13+. The van der Waals surface area contributed by atoms with Crippen molar-refractivity contribution in [2.45, 2.75) is 47.5 Å². The lowest BCUT2D eigenvalue weighted by Crippen LogP contribution is -2.20. The zero-order valence-electron chi connectivity index (χ0n) is 14.7. The van der Waals surface area contributed by atoms with E-state index in [-0.39, 0.29) is 12.0 Å². The fourth-order valence-electron chi connectivity index (χ4n) is 2.67. The molecule has 0 unspecified atom stereocenters. The Labute approximate surface area is 136 Å². The fraction of sp³-hybridized carbons (Fsp3) is 0.429. The average Bonchev–Trinajstić information content (AvgIpc) is 2.43.